The van der Waals surface area contributed by atoms with Gasteiger partial charge in [0.15, 0.2) is 0 Å². The van der Waals surface area contributed by atoms with Crippen molar-refractivity contribution < 1.29 is 4.79 Å². The third-order valence-electron chi connectivity index (χ3n) is 7.02. The van der Waals surface area contributed by atoms with Crippen LogP contribution in [-0.4, -0.2) is 64.9 Å². The highest BCUT2D eigenvalue weighted by Gasteiger charge is 2.25. The standard InChI is InChI=1S/C27H33N5O/c33-27(32-18-16-31(17-19-32)26-9-3-4-14-28-26)13-10-22-6-5-15-30(20-22)21-24-12-11-23-7-1-2-8-25(23)29-24/h1-4,7-9,11-12,14,22H,5-6,10,13,15-21H2/t22-/m0/s1. The van der Waals surface area contributed by atoms with Gasteiger partial charge in [0.1, 0.15) is 5.82 Å². The minimum absolute atomic E-state index is 0.309. The van der Waals surface area contributed by atoms with Gasteiger partial charge in [0.2, 0.25) is 5.91 Å². The molecule has 6 nitrogen and oxygen atoms in total. The number of pyridine rings is 2. The van der Waals surface area contributed by atoms with Crippen molar-refractivity contribution in [3.05, 3.63) is 66.5 Å². The summed E-state index contributed by atoms with van der Waals surface area (Å²) in [6, 6.07) is 18.6. The number of piperazine rings is 1. The lowest BCUT2D eigenvalue weighted by Gasteiger charge is -2.36. The van der Waals surface area contributed by atoms with E-state index < -0.39 is 0 Å². The molecule has 0 radical (unpaired) electrons. The first-order valence-electron chi connectivity index (χ1n) is 12.3. The van der Waals surface area contributed by atoms with Crippen LogP contribution in [0.1, 0.15) is 31.4 Å². The average molecular weight is 444 g/mol. The molecule has 1 aromatic carbocycles. The molecule has 2 saturated heterocycles. The number of aromatic nitrogens is 2. The summed E-state index contributed by atoms with van der Waals surface area (Å²) in [4.78, 5) is 29.0. The number of fused-ring (bicyclic) bond motifs is 1. The molecule has 1 atom stereocenters. The fraction of sp³-hybridized carbons (Fsp3) is 0.444. The van der Waals surface area contributed by atoms with E-state index in [0.717, 1.165) is 69.3 Å². The third-order valence-corrected chi connectivity index (χ3v) is 7.02. The second-order valence-electron chi connectivity index (χ2n) is 9.33. The van der Waals surface area contributed by atoms with Crippen molar-refractivity contribution >= 4 is 22.6 Å². The third kappa shape index (κ3) is 5.50. The molecule has 1 amide bonds. The van der Waals surface area contributed by atoms with E-state index in [9.17, 15) is 4.79 Å². The van der Waals surface area contributed by atoms with Crippen molar-refractivity contribution in [1.29, 1.82) is 0 Å². The SMILES string of the molecule is O=C(CC[C@@H]1CCCN(Cc2ccc3ccccc3n2)C1)N1CCN(c2ccccn2)CC1. The van der Waals surface area contributed by atoms with Gasteiger partial charge >= 0.3 is 0 Å². The summed E-state index contributed by atoms with van der Waals surface area (Å²) in [7, 11) is 0. The monoisotopic (exact) mass is 443 g/mol. The number of carbonyl (C=O) groups is 1. The summed E-state index contributed by atoms with van der Waals surface area (Å²) in [5, 5.41) is 1.19. The van der Waals surface area contributed by atoms with Crippen LogP contribution in [0.15, 0.2) is 60.8 Å². The molecule has 2 fully saturated rings. The highest BCUT2D eigenvalue weighted by atomic mass is 16.2. The number of hydrogen-bond donors (Lipinski definition) is 0. The van der Waals surface area contributed by atoms with Crippen LogP contribution >= 0.6 is 0 Å². The van der Waals surface area contributed by atoms with E-state index in [4.69, 9.17) is 4.98 Å². The lowest BCUT2D eigenvalue weighted by Crippen LogP contribution is -2.49. The Bertz CT molecular complexity index is 1060. The molecule has 0 bridgehead atoms. The topological polar surface area (TPSA) is 52.6 Å². The van der Waals surface area contributed by atoms with E-state index in [1.165, 1.54) is 18.2 Å². The number of rotatable bonds is 6. The Labute approximate surface area is 196 Å². The van der Waals surface area contributed by atoms with Gasteiger partial charge in [-0.2, -0.15) is 0 Å². The first kappa shape index (κ1) is 21.8. The van der Waals surface area contributed by atoms with Crippen LogP contribution < -0.4 is 4.90 Å². The van der Waals surface area contributed by atoms with Gasteiger partial charge in [-0.1, -0.05) is 30.3 Å². The van der Waals surface area contributed by atoms with Gasteiger partial charge in [-0.15, -0.1) is 0 Å². The number of amides is 1. The van der Waals surface area contributed by atoms with E-state index in [0.29, 0.717) is 18.2 Å². The number of carbonyl (C=O) groups excluding carboxylic acids is 1. The van der Waals surface area contributed by atoms with E-state index in [1.54, 1.807) is 0 Å². The number of hydrogen-bond acceptors (Lipinski definition) is 5. The molecule has 5 rings (SSSR count). The summed E-state index contributed by atoms with van der Waals surface area (Å²) in [6.07, 6.45) is 5.91. The van der Waals surface area contributed by atoms with Crippen LogP contribution in [0.5, 0.6) is 0 Å². The molecule has 2 aliphatic rings. The molecular formula is C27H33N5O. The predicted molar refractivity (Wildman–Crippen MR) is 132 cm³/mol. The summed E-state index contributed by atoms with van der Waals surface area (Å²) >= 11 is 0. The molecule has 0 spiro atoms. The van der Waals surface area contributed by atoms with Gasteiger partial charge in [0, 0.05) is 57.3 Å². The van der Waals surface area contributed by atoms with Crippen LogP contribution in [0.25, 0.3) is 10.9 Å². The molecule has 172 valence electrons. The first-order chi connectivity index (χ1) is 16.2. The normalized spacial score (nSPS) is 19.7. The van der Waals surface area contributed by atoms with E-state index >= 15 is 0 Å². The molecule has 4 heterocycles. The fourth-order valence-corrected chi connectivity index (χ4v) is 5.17. The van der Waals surface area contributed by atoms with Crippen LogP contribution in [0.3, 0.4) is 0 Å². The van der Waals surface area contributed by atoms with Crippen molar-refractivity contribution in [1.82, 2.24) is 19.8 Å². The molecule has 3 aromatic rings. The molecule has 6 heteroatoms. The predicted octanol–water partition coefficient (Wildman–Crippen LogP) is 3.97. The Morgan fingerprint density at radius 2 is 1.79 bits per heavy atom. The molecular weight excluding hydrogens is 410 g/mol. The Morgan fingerprint density at radius 1 is 0.939 bits per heavy atom. The lowest BCUT2D eigenvalue weighted by molar-refractivity contribution is -0.131. The molecule has 0 aliphatic carbocycles. The van der Waals surface area contributed by atoms with E-state index in [1.807, 2.05) is 35.4 Å². The number of nitrogens with zero attached hydrogens (tertiary/aromatic N) is 5. The smallest absolute Gasteiger partial charge is 0.222 e. The molecule has 0 unspecified atom stereocenters. The van der Waals surface area contributed by atoms with Crippen molar-refractivity contribution in [2.45, 2.75) is 32.2 Å². The van der Waals surface area contributed by atoms with Gasteiger partial charge < -0.3 is 9.80 Å². The summed E-state index contributed by atoms with van der Waals surface area (Å²) in [6.45, 7) is 6.38. The van der Waals surface area contributed by atoms with Crippen LogP contribution in [-0.2, 0) is 11.3 Å². The van der Waals surface area contributed by atoms with Crippen LogP contribution in [0.4, 0.5) is 5.82 Å². The minimum Gasteiger partial charge on any atom is -0.353 e. The van der Waals surface area contributed by atoms with Gasteiger partial charge in [0.05, 0.1) is 11.2 Å². The number of piperidine rings is 1. The van der Waals surface area contributed by atoms with Crippen LogP contribution in [0.2, 0.25) is 0 Å². The maximum atomic E-state index is 12.8. The van der Waals surface area contributed by atoms with Crippen molar-refractivity contribution in [2.75, 3.05) is 44.2 Å². The van der Waals surface area contributed by atoms with Crippen molar-refractivity contribution in [3.63, 3.8) is 0 Å². The molecule has 2 aliphatic heterocycles. The summed E-state index contributed by atoms with van der Waals surface area (Å²) in [5.74, 6) is 1.91. The van der Waals surface area contributed by atoms with E-state index in [-0.39, 0.29) is 0 Å². The quantitative estimate of drug-likeness (QED) is 0.577. The van der Waals surface area contributed by atoms with Crippen molar-refractivity contribution in [2.24, 2.45) is 5.92 Å². The summed E-state index contributed by atoms with van der Waals surface area (Å²) in [5.41, 5.74) is 2.20. The highest BCUT2D eigenvalue weighted by Crippen LogP contribution is 2.23. The first-order valence-corrected chi connectivity index (χ1v) is 12.3. The number of benzene rings is 1. The van der Waals surface area contributed by atoms with Crippen LogP contribution in [0, 0.1) is 5.92 Å². The molecule has 2 aromatic heterocycles. The second-order valence-corrected chi connectivity index (χ2v) is 9.33. The second kappa shape index (κ2) is 10.3. The number of anilines is 1. The average Bonchev–Trinajstić information content (AvgIpc) is 2.88. The largest absolute Gasteiger partial charge is 0.353 e. The zero-order chi connectivity index (χ0) is 22.5. The highest BCUT2D eigenvalue weighted by molar-refractivity contribution is 5.78. The maximum Gasteiger partial charge on any atom is 0.222 e. The maximum absolute atomic E-state index is 12.8. The Balaban J connectivity index is 1.08. The Kier molecular flexibility index (Phi) is 6.81. The Hall–Kier alpha value is -2.99. The van der Waals surface area contributed by atoms with Gasteiger partial charge in [-0.25, -0.2) is 4.98 Å². The van der Waals surface area contributed by atoms with E-state index in [2.05, 4.69) is 45.1 Å². The lowest BCUT2D eigenvalue weighted by atomic mass is 9.93. The number of likely N-dealkylation sites (tertiary alicyclic amines) is 1. The van der Waals surface area contributed by atoms with Gasteiger partial charge in [-0.05, 0) is 56.0 Å². The van der Waals surface area contributed by atoms with Gasteiger partial charge in [0.25, 0.3) is 0 Å². The molecule has 0 saturated carbocycles. The van der Waals surface area contributed by atoms with Gasteiger partial charge in [-0.3, -0.25) is 14.7 Å². The summed E-state index contributed by atoms with van der Waals surface area (Å²) < 4.78 is 0. The minimum atomic E-state index is 0.309. The zero-order valence-electron chi connectivity index (χ0n) is 19.3. The number of para-hydroxylation sites is 1. The molecule has 0 N–H and O–H groups in total. The Morgan fingerprint density at radius 3 is 2.64 bits per heavy atom. The fourth-order valence-electron chi connectivity index (χ4n) is 5.17. The zero-order valence-corrected chi connectivity index (χ0v) is 19.3. The van der Waals surface area contributed by atoms with Crippen molar-refractivity contribution in [3.8, 4) is 0 Å². The molecule has 33 heavy (non-hydrogen) atoms.